The standard InChI is InChI=1S/C20H28N4O3/c1-15(2)11-16(23-7-9-27-10-8-23)12-21-19(25)13-24-14-22-18-6-4-3-5-17(18)20(24)26/h3-6,14-16H,7-13H2,1-2H3,(H,21,25)/t16-/m0/s1. The van der Waals surface area contributed by atoms with Crippen molar-refractivity contribution < 1.29 is 9.53 Å². The molecule has 1 aliphatic heterocycles. The van der Waals surface area contributed by atoms with E-state index < -0.39 is 0 Å². The van der Waals surface area contributed by atoms with E-state index in [4.69, 9.17) is 4.74 Å². The number of para-hydroxylation sites is 1. The van der Waals surface area contributed by atoms with Crippen LogP contribution in [0.5, 0.6) is 0 Å². The Morgan fingerprint density at radius 2 is 2.00 bits per heavy atom. The van der Waals surface area contributed by atoms with E-state index in [1.54, 1.807) is 18.2 Å². The number of ether oxygens (including phenoxy) is 1. The van der Waals surface area contributed by atoms with Crippen LogP contribution in [0, 0.1) is 5.92 Å². The normalized spacial score (nSPS) is 16.6. The van der Waals surface area contributed by atoms with Gasteiger partial charge in [-0.05, 0) is 24.5 Å². The molecule has 1 aromatic carbocycles. The van der Waals surface area contributed by atoms with Gasteiger partial charge in [0, 0.05) is 25.7 Å². The Morgan fingerprint density at radius 3 is 2.74 bits per heavy atom. The van der Waals surface area contributed by atoms with Crippen LogP contribution in [-0.2, 0) is 16.1 Å². The fourth-order valence-corrected chi connectivity index (χ4v) is 3.51. The Hall–Kier alpha value is -2.25. The molecule has 0 spiro atoms. The van der Waals surface area contributed by atoms with Gasteiger partial charge in [-0.15, -0.1) is 0 Å². The molecular formula is C20H28N4O3. The number of nitrogens with one attached hydrogen (secondary N) is 1. The van der Waals surface area contributed by atoms with E-state index in [-0.39, 0.29) is 24.1 Å². The SMILES string of the molecule is CC(C)C[C@@H](CNC(=O)Cn1cnc2ccccc2c1=O)N1CCOCC1. The number of hydrogen-bond donors (Lipinski definition) is 1. The minimum absolute atomic E-state index is 0.0197. The van der Waals surface area contributed by atoms with Crippen molar-refractivity contribution in [1.82, 2.24) is 19.8 Å². The van der Waals surface area contributed by atoms with Crippen LogP contribution < -0.4 is 10.9 Å². The van der Waals surface area contributed by atoms with E-state index in [9.17, 15) is 9.59 Å². The molecule has 2 heterocycles. The quantitative estimate of drug-likeness (QED) is 0.792. The van der Waals surface area contributed by atoms with E-state index in [0.717, 1.165) is 32.7 Å². The van der Waals surface area contributed by atoms with E-state index in [1.165, 1.54) is 10.9 Å². The van der Waals surface area contributed by atoms with E-state index in [2.05, 4.69) is 29.0 Å². The van der Waals surface area contributed by atoms with Crippen LogP contribution in [0.4, 0.5) is 0 Å². The molecule has 0 radical (unpaired) electrons. The average molecular weight is 372 g/mol. The summed E-state index contributed by atoms with van der Waals surface area (Å²) >= 11 is 0. The number of carbonyl (C=O) groups is 1. The van der Waals surface area contributed by atoms with Gasteiger partial charge < -0.3 is 10.1 Å². The van der Waals surface area contributed by atoms with Gasteiger partial charge in [0.05, 0.1) is 30.4 Å². The molecular weight excluding hydrogens is 344 g/mol. The summed E-state index contributed by atoms with van der Waals surface area (Å²) in [5.74, 6) is 0.373. The number of amides is 1. The summed E-state index contributed by atoms with van der Waals surface area (Å²) in [6.45, 7) is 8.19. The predicted octanol–water partition coefficient (Wildman–Crippen LogP) is 1.26. The Morgan fingerprint density at radius 1 is 1.26 bits per heavy atom. The lowest BCUT2D eigenvalue weighted by Crippen LogP contribution is -2.49. The molecule has 7 nitrogen and oxygen atoms in total. The molecule has 0 bridgehead atoms. The second kappa shape index (κ2) is 9.10. The zero-order valence-electron chi connectivity index (χ0n) is 16.1. The van der Waals surface area contributed by atoms with Gasteiger partial charge in [0.15, 0.2) is 0 Å². The number of benzene rings is 1. The highest BCUT2D eigenvalue weighted by Gasteiger charge is 2.22. The number of morpholine rings is 1. The van der Waals surface area contributed by atoms with Gasteiger partial charge in [-0.2, -0.15) is 0 Å². The maximum Gasteiger partial charge on any atom is 0.261 e. The van der Waals surface area contributed by atoms with Gasteiger partial charge in [-0.3, -0.25) is 19.1 Å². The summed E-state index contributed by atoms with van der Waals surface area (Å²) in [6, 6.07) is 7.45. The Balaban J connectivity index is 1.62. The Bertz CT molecular complexity index is 827. The third kappa shape index (κ3) is 5.14. The second-order valence-corrected chi connectivity index (χ2v) is 7.43. The molecule has 146 valence electrons. The van der Waals surface area contributed by atoms with Gasteiger partial charge in [0.2, 0.25) is 5.91 Å². The number of rotatable bonds is 7. The van der Waals surface area contributed by atoms with Crippen LogP contribution in [0.25, 0.3) is 10.9 Å². The number of carbonyl (C=O) groups excluding carboxylic acids is 1. The van der Waals surface area contributed by atoms with Gasteiger partial charge >= 0.3 is 0 Å². The van der Waals surface area contributed by atoms with Crippen molar-refractivity contribution in [2.75, 3.05) is 32.8 Å². The molecule has 2 aromatic rings. The van der Waals surface area contributed by atoms with Crippen molar-refractivity contribution >= 4 is 16.8 Å². The first-order chi connectivity index (χ1) is 13.0. The molecule has 1 fully saturated rings. The van der Waals surface area contributed by atoms with Crippen molar-refractivity contribution in [2.24, 2.45) is 5.92 Å². The van der Waals surface area contributed by atoms with Gasteiger partial charge in [-0.25, -0.2) is 4.98 Å². The fraction of sp³-hybridized carbons (Fsp3) is 0.550. The minimum atomic E-state index is -0.192. The van der Waals surface area contributed by atoms with Gasteiger partial charge in [-0.1, -0.05) is 26.0 Å². The summed E-state index contributed by atoms with van der Waals surface area (Å²) < 4.78 is 6.80. The molecule has 1 atom stereocenters. The summed E-state index contributed by atoms with van der Waals surface area (Å²) in [6.07, 6.45) is 2.45. The maximum absolute atomic E-state index is 12.5. The molecule has 1 aliphatic rings. The van der Waals surface area contributed by atoms with E-state index >= 15 is 0 Å². The lowest BCUT2D eigenvalue weighted by molar-refractivity contribution is -0.122. The number of fused-ring (bicyclic) bond motifs is 1. The second-order valence-electron chi connectivity index (χ2n) is 7.43. The number of nitrogens with zero attached hydrogens (tertiary/aromatic N) is 3. The third-order valence-corrected chi connectivity index (χ3v) is 4.89. The van der Waals surface area contributed by atoms with E-state index in [0.29, 0.717) is 23.4 Å². The molecule has 3 rings (SSSR count). The van der Waals surface area contributed by atoms with Crippen LogP contribution in [-0.4, -0.2) is 59.2 Å². The molecule has 27 heavy (non-hydrogen) atoms. The van der Waals surface area contributed by atoms with Crippen molar-refractivity contribution in [2.45, 2.75) is 32.9 Å². The minimum Gasteiger partial charge on any atom is -0.379 e. The van der Waals surface area contributed by atoms with Crippen molar-refractivity contribution in [3.05, 3.63) is 40.9 Å². The van der Waals surface area contributed by atoms with Crippen molar-refractivity contribution in [1.29, 1.82) is 0 Å². The van der Waals surface area contributed by atoms with Crippen LogP contribution in [0.2, 0.25) is 0 Å². The molecule has 0 aliphatic carbocycles. The first-order valence-corrected chi connectivity index (χ1v) is 9.57. The summed E-state index contributed by atoms with van der Waals surface area (Å²) in [5.41, 5.74) is 0.450. The molecule has 1 saturated heterocycles. The predicted molar refractivity (Wildman–Crippen MR) is 105 cm³/mol. The largest absolute Gasteiger partial charge is 0.379 e. The van der Waals surface area contributed by atoms with Crippen LogP contribution >= 0.6 is 0 Å². The van der Waals surface area contributed by atoms with Crippen LogP contribution in [0.1, 0.15) is 20.3 Å². The number of hydrogen-bond acceptors (Lipinski definition) is 5. The number of aromatic nitrogens is 2. The summed E-state index contributed by atoms with van der Waals surface area (Å²) in [5, 5.41) is 3.53. The Kier molecular flexibility index (Phi) is 6.58. The van der Waals surface area contributed by atoms with Crippen molar-refractivity contribution in [3.63, 3.8) is 0 Å². The molecule has 1 N–H and O–H groups in total. The fourth-order valence-electron chi connectivity index (χ4n) is 3.51. The lowest BCUT2D eigenvalue weighted by atomic mass is 10.0. The molecule has 1 amide bonds. The third-order valence-electron chi connectivity index (χ3n) is 4.89. The molecule has 0 saturated carbocycles. The molecule has 7 heteroatoms. The highest BCUT2D eigenvalue weighted by molar-refractivity contribution is 5.78. The van der Waals surface area contributed by atoms with Gasteiger partial charge in [0.1, 0.15) is 6.54 Å². The maximum atomic E-state index is 12.5. The molecule has 1 aromatic heterocycles. The highest BCUT2D eigenvalue weighted by atomic mass is 16.5. The van der Waals surface area contributed by atoms with Crippen LogP contribution in [0.3, 0.4) is 0 Å². The highest BCUT2D eigenvalue weighted by Crippen LogP contribution is 2.13. The monoisotopic (exact) mass is 372 g/mol. The molecule has 0 unspecified atom stereocenters. The van der Waals surface area contributed by atoms with Gasteiger partial charge in [0.25, 0.3) is 5.56 Å². The summed E-state index contributed by atoms with van der Waals surface area (Å²) in [4.78, 5) is 31.6. The average Bonchev–Trinajstić information content (AvgIpc) is 2.68. The first kappa shape index (κ1) is 19.5. The summed E-state index contributed by atoms with van der Waals surface area (Å²) in [7, 11) is 0. The Labute approximate surface area is 159 Å². The lowest BCUT2D eigenvalue weighted by Gasteiger charge is -2.35. The topological polar surface area (TPSA) is 76.5 Å². The van der Waals surface area contributed by atoms with Crippen molar-refractivity contribution in [3.8, 4) is 0 Å². The first-order valence-electron chi connectivity index (χ1n) is 9.57. The zero-order valence-corrected chi connectivity index (χ0v) is 16.1. The van der Waals surface area contributed by atoms with Crippen LogP contribution in [0.15, 0.2) is 35.4 Å². The van der Waals surface area contributed by atoms with E-state index in [1.807, 2.05) is 6.07 Å². The zero-order chi connectivity index (χ0) is 19.2. The smallest absolute Gasteiger partial charge is 0.261 e.